The molecule has 0 aliphatic heterocycles. The van der Waals surface area contributed by atoms with Crippen LogP contribution in [0.1, 0.15) is 33.1 Å². The van der Waals surface area contributed by atoms with Crippen molar-refractivity contribution in [1.29, 1.82) is 5.26 Å². The first-order chi connectivity index (χ1) is 6.70. The largest absolute Gasteiger partial charge is 0.302 e. The summed E-state index contributed by atoms with van der Waals surface area (Å²) >= 11 is 0. The van der Waals surface area contributed by atoms with Crippen molar-refractivity contribution >= 4 is 0 Å². The van der Waals surface area contributed by atoms with Gasteiger partial charge in [-0.25, -0.2) is 0 Å². The van der Waals surface area contributed by atoms with E-state index in [9.17, 15) is 0 Å². The zero-order valence-corrected chi connectivity index (χ0v) is 9.29. The van der Waals surface area contributed by atoms with E-state index in [1.54, 1.807) is 0 Å². The van der Waals surface area contributed by atoms with Crippen LogP contribution in [0, 0.1) is 29.6 Å². The van der Waals surface area contributed by atoms with Gasteiger partial charge in [-0.3, -0.25) is 0 Å². The first-order valence-corrected chi connectivity index (χ1v) is 5.23. The van der Waals surface area contributed by atoms with Crippen molar-refractivity contribution in [2.24, 2.45) is 5.92 Å². The molecule has 0 aliphatic carbocycles. The first-order valence-electron chi connectivity index (χ1n) is 5.23. The average molecular weight is 192 g/mol. The Morgan fingerprint density at radius 2 is 2.00 bits per heavy atom. The van der Waals surface area contributed by atoms with Crippen LogP contribution in [0.5, 0.6) is 0 Å². The van der Waals surface area contributed by atoms with Gasteiger partial charge in [0, 0.05) is 25.9 Å². The maximum absolute atomic E-state index is 8.51. The van der Waals surface area contributed by atoms with E-state index in [0.29, 0.717) is 12.3 Å². The highest BCUT2D eigenvalue weighted by Crippen LogP contribution is 2.02. The van der Waals surface area contributed by atoms with Crippen molar-refractivity contribution < 1.29 is 0 Å². The summed E-state index contributed by atoms with van der Waals surface area (Å²) in [5, 5.41) is 8.51. The Labute approximate surface area is 87.9 Å². The topological polar surface area (TPSA) is 27.0 Å². The summed E-state index contributed by atoms with van der Waals surface area (Å²) in [6, 6.07) is 2.18. The van der Waals surface area contributed by atoms with Crippen LogP contribution in [-0.4, -0.2) is 24.5 Å². The Bertz CT molecular complexity index is 207. The van der Waals surface area contributed by atoms with Crippen LogP contribution in [-0.2, 0) is 0 Å². The highest BCUT2D eigenvalue weighted by molar-refractivity contribution is 4.83. The number of hydrogen-bond acceptors (Lipinski definition) is 2. The van der Waals surface area contributed by atoms with E-state index in [-0.39, 0.29) is 0 Å². The van der Waals surface area contributed by atoms with Crippen molar-refractivity contribution in [3.8, 4) is 18.4 Å². The molecule has 0 amide bonds. The Hall–Kier alpha value is -0.990. The minimum absolute atomic E-state index is 0.614. The van der Waals surface area contributed by atoms with Gasteiger partial charge in [0.2, 0.25) is 0 Å². The third-order valence-corrected chi connectivity index (χ3v) is 1.96. The maximum Gasteiger partial charge on any atom is 0.0635 e. The maximum atomic E-state index is 8.51. The molecule has 78 valence electrons. The van der Waals surface area contributed by atoms with Crippen molar-refractivity contribution in [3.63, 3.8) is 0 Å². The second-order valence-electron chi connectivity index (χ2n) is 3.91. The van der Waals surface area contributed by atoms with Gasteiger partial charge >= 0.3 is 0 Å². The SMILES string of the molecule is C#CCCCN(CCC#N)CC(C)C. The van der Waals surface area contributed by atoms with Crippen LogP contribution in [0.2, 0.25) is 0 Å². The van der Waals surface area contributed by atoms with Crippen LogP contribution < -0.4 is 0 Å². The second kappa shape index (κ2) is 8.60. The van der Waals surface area contributed by atoms with Gasteiger partial charge in [0.15, 0.2) is 0 Å². The Morgan fingerprint density at radius 1 is 1.29 bits per heavy atom. The van der Waals surface area contributed by atoms with Crippen LogP contribution >= 0.6 is 0 Å². The molecular weight excluding hydrogens is 172 g/mol. The molecule has 0 fully saturated rings. The van der Waals surface area contributed by atoms with E-state index >= 15 is 0 Å². The summed E-state index contributed by atoms with van der Waals surface area (Å²) < 4.78 is 0. The molecule has 14 heavy (non-hydrogen) atoms. The summed E-state index contributed by atoms with van der Waals surface area (Å²) in [7, 11) is 0. The fourth-order valence-corrected chi connectivity index (χ4v) is 1.42. The number of terminal acetylenes is 1. The molecule has 0 saturated carbocycles. The van der Waals surface area contributed by atoms with Gasteiger partial charge in [-0.1, -0.05) is 13.8 Å². The molecule has 2 heteroatoms. The van der Waals surface area contributed by atoms with E-state index in [2.05, 4.69) is 30.7 Å². The highest BCUT2D eigenvalue weighted by atomic mass is 15.1. The van der Waals surface area contributed by atoms with Gasteiger partial charge in [0.25, 0.3) is 0 Å². The summed E-state index contributed by atoms with van der Waals surface area (Å²) in [5.41, 5.74) is 0. The van der Waals surface area contributed by atoms with Crippen LogP contribution in [0.3, 0.4) is 0 Å². The fourth-order valence-electron chi connectivity index (χ4n) is 1.42. The minimum Gasteiger partial charge on any atom is -0.302 e. The van der Waals surface area contributed by atoms with E-state index in [1.807, 2.05) is 0 Å². The van der Waals surface area contributed by atoms with Gasteiger partial charge < -0.3 is 4.90 Å². The lowest BCUT2D eigenvalue weighted by Crippen LogP contribution is -2.29. The predicted molar refractivity (Wildman–Crippen MR) is 59.6 cm³/mol. The van der Waals surface area contributed by atoms with Crippen LogP contribution in [0.15, 0.2) is 0 Å². The van der Waals surface area contributed by atoms with Gasteiger partial charge in [0.1, 0.15) is 0 Å². The van der Waals surface area contributed by atoms with Crippen molar-refractivity contribution in [2.45, 2.75) is 33.1 Å². The number of hydrogen-bond donors (Lipinski definition) is 0. The summed E-state index contributed by atoms with van der Waals surface area (Å²) in [6.07, 6.45) is 7.68. The average Bonchev–Trinajstić information content (AvgIpc) is 2.13. The lowest BCUT2D eigenvalue weighted by molar-refractivity contribution is 0.247. The molecule has 0 aromatic carbocycles. The monoisotopic (exact) mass is 192 g/mol. The van der Waals surface area contributed by atoms with E-state index in [4.69, 9.17) is 11.7 Å². The predicted octanol–water partition coefficient (Wildman–Crippen LogP) is 2.27. The molecule has 0 atom stereocenters. The standard InChI is InChI=1S/C12H20N2/c1-4-5-6-9-14(10-7-8-13)11-12(2)3/h1,12H,5-7,9-11H2,2-3H3. The minimum atomic E-state index is 0.614. The number of nitrogens with zero attached hydrogens (tertiary/aromatic N) is 2. The summed E-state index contributed by atoms with van der Waals surface area (Å²) in [6.45, 7) is 7.34. The molecule has 0 aromatic heterocycles. The lowest BCUT2D eigenvalue weighted by atomic mass is 10.2. The third kappa shape index (κ3) is 7.65. The van der Waals surface area contributed by atoms with E-state index < -0.39 is 0 Å². The molecule has 0 aromatic rings. The summed E-state index contributed by atoms with van der Waals surface area (Å²) in [4.78, 5) is 2.32. The first kappa shape index (κ1) is 13.0. The van der Waals surface area contributed by atoms with Crippen molar-refractivity contribution in [1.82, 2.24) is 4.90 Å². The lowest BCUT2D eigenvalue weighted by Gasteiger charge is -2.22. The number of rotatable bonds is 7. The van der Waals surface area contributed by atoms with Gasteiger partial charge in [-0.05, 0) is 18.9 Å². The number of nitriles is 1. The van der Waals surface area contributed by atoms with Gasteiger partial charge in [0.05, 0.1) is 6.07 Å². The molecule has 0 radical (unpaired) electrons. The molecule has 0 heterocycles. The van der Waals surface area contributed by atoms with Gasteiger partial charge in [-0.15, -0.1) is 12.3 Å². The Morgan fingerprint density at radius 3 is 2.50 bits per heavy atom. The number of unbranched alkanes of at least 4 members (excludes halogenated alkanes) is 1. The van der Waals surface area contributed by atoms with Crippen molar-refractivity contribution in [2.75, 3.05) is 19.6 Å². The highest BCUT2D eigenvalue weighted by Gasteiger charge is 2.05. The molecule has 0 N–H and O–H groups in total. The molecule has 2 nitrogen and oxygen atoms in total. The van der Waals surface area contributed by atoms with E-state index in [0.717, 1.165) is 32.5 Å². The Kier molecular flexibility index (Phi) is 7.99. The van der Waals surface area contributed by atoms with Crippen LogP contribution in [0.4, 0.5) is 0 Å². The quantitative estimate of drug-likeness (QED) is 0.457. The molecular formula is C12H20N2. The van der Waals surface area contributed by atoms with E-state index in [1.165, 1.54) is 0 Å². The van der Waals surface area contributed by atoms with Crippen LogP contribution in [0.25, 0.3) is 0 Å². The zero-order valence-electron chi connectivity index (χ0n) is 9.29. The Balaban J connectivity index is 3.74. The molecule has 0 bridgehead atoms. The molecule has 0 unspecified atom stereocenters. The second-order valence-corrected chi connectivity index (χ2v) is 3.91. The fraction of sp³-hybridized carbons (Fsp3) is 0.750. The van der Waals surface area contributed by atoms with Gasteiger partial charge in [-0.2, -0.15) is 5.26 Å². The smallest absolute Gasteiger partial charge is 0.0635 e. The van der Waals surface area contributed by atoms with Crippen molar-refractivity contribution in [3.05, 3.63) is 0 Å². The molecule has 0 spiro atoms. The molecule has 0 rings (SSSR count). The third-order valence-electron chi connectivity index (χ3n) is 1.96. The molecule has 0 saturated heterocycles. The normalized spacial score (nSPS) is 10.1. The zero-order chi connectivity index (χ0) is 10.8. The molecule has 0 aliphatic rings. The summed E-state index contributed by atoms with van der Waals surface area (Å²) in [5.74, 6) is 3.29.